The SMILES string of the molecule is CC(=O)NCc1cncc(C2CCCN2C(=O)CC2CCCCC2)n1. The van der Waals surface area contributed by atoms with E-state index >= 15 is 0 Å². The van der Waals surface area contributed by atoms with Crippen molar-refractivity contribution in [2.45, 2.75) is 70.9 Å². The highest BCUT2D eigenvalue weighted by atomic mass is 16.2. The molecule has 2 aliphatic rings. The number of amides is 2. The van der Waals surface area contributed by atoms with Gasteiger partial charge in [0.15, 0.2) is 0 Å². The average molecular weight is 344 g/mol. The Morgan fingerprint density at radius 1 is 1.16 bits per heavy atom. The van der Waals surface area contributed by atoms with Gasteiger partial charge in [-0.25, -0.2) is 0 Å². The van der Waals surface area contributed by atoms with Gasteiger partial charge in [0.1, 0.15) is 0 Å². The third kappa shape index (κ3) is 4.77. The fraction of sp³-hybridized carbons (Fsp3) is 0.684. The average Bonchev–Trinajstić information content (AvgIpc) is 3.11. The first-order valence-electron chi connectivity index (χ1n) is 9.48. The maximum Gasteiger partial charge on any atom is 0.223 e. The van der Waals surface area contributed by atoms with E-state index in [2.05, 4.69) is 15.3 Å². The molecule has 0 radical (unpaired) electrons. The van der Waals surface area contributed by atoms with Crippen LogP contribution in [0.1, 0.15) is 75.7 Å². The topological polar surface area (TPSA) is 75.2 Å². The summed E-state index contributed by atoms with van der Waals surface area (Å²) < 4.78 is 0. The van der Waals surface area contributed by atoms with Crippen LogP contribution in [0.4, 0.5) is 0 Å². The van der Waals surface area contributed by atoms with Gasteiger partial charge in [0.2, 0.25) is 11.8 Å². The minimum Gasteiger partial charge on any atom is -0.351 e. The molecule has 1 saturated carbocycles. The van der Waals surface area contributed by atoms with Gasteiger partial charge in [0, 0.05) is 19.9 Å². The Morgan fingerprint density at radius 3 is 2.72 bits per heavy atom. The van der Waals surface area contributed by atoms with E-state index < -0.39 is 0 Å². The van der Waals surface area contributed by atoms with Crippen LogP contribution in [0.25, 0.3) is 0 Å². The van der Waals surface area contributed by atoms with Crippen molar-refractivity contribution >= 4 is 11.8 Å². The minimum atomic E-state index is -0.0858. The van der Waals surface area contributed by atoms with Crippen molar-refractivity contribution in [1.29, 1.82) is 0 Å². The Kier molecular flexibility index (Phi) is 6.00. The molecule has 1 saturated heterocycles. The number of hydrogen-bond acceptors (Lipinski definition) is 4. The van der Waals surface area contributed by atoms with Crippen LogP contribution in [0.2, 0.25) is 0 Å². The Bertz CT molecular complexity index is 613. The lowest BCUT2D eigenvalue weighted by molar-refractivity contribution is -0.133. The molecule has 0 spiro atoms. The highest BCUT2D eigenvalue weighted by Gasteiger charge is 2.32. The molecule has 2 amide bonds. The van der Waals surface area contributed by atoms with Crippen LogP contribution in [0.15, 0.2) is 12.4 Å². The highest BCUT2D eigenvalue weighted by molar-refractivity contribution is 5.77. The van der Waals surface area contributed by atoms with E-state index in [9.17, 15) is 9.59 Å². The Labute approximate surface area is 149 Å². The largest absolute Gasteiger partial charge is 0.351 e. The van der Waals surface area contributed by atoms with Crippen LogP contribution in [-0.4, -0.2) is 33.2 Å². The zero-order valence-corrected chi connectivity index (χ0v) is 15.0. The van der Waals surface area contributed by atoms with Crippen molar-refractivity contribution in [3.05, 3.63) is 23.8 Å². The summed E-state index contributed by atoms with van der Waals surface area (Å²) in [5.74, 6) is 0.737. The van der Waals surface area contributed by atoms with E-state index in [1.54, 1.807) is 12.4 Å². The third-order valence-corrected chi connectivity index (χ3v) is 5.32. The molecule has 6 nitrogen and oxygen atoms in total. The summed E-state index contributed by atoms with van der Waals surface area (Å²) in [6.45, 7) is 2.67. The summed E-state index contributed by atoms with van der Waals surface area (Å²) in [6.07, 6.45) is 12.3. The maximum absolute atomic E-state index is 12.8. The lowest BCUT2D eigenvalue weighted by Gasteiger charge is -2.28. The number of nitrogens with one attached hydrogen (secondary N) is 1. The molecule has 1 unspecified atom stereocenters. The Hall–Kier alpha value is -1.98. The lowest BCUT2D eigenvalue weighted by Crippen LogP contribution is -2.33. The second-order valence-electron chi connectivity index (χ2n) is 7.30. The molecule has 1 aliphatic heterocycles. The smallest absolute Gasteiger partial charge is 0.223 e. The van der Waals surface area contributed by atoms with Crippen LogP contribution >= 0.6 is 0 Å². The number of likely N-dealkylation sites (tertiary alicyclic amines) is 1. The molecule has 136 valence electrons. The minimum absolute atomic E-state index is 0.0286. The molecular weight excluding hydrogens is 316 g/mol. The summed E-state index contributed by atoms with van der Waals surface area (Å²) in [5.41, 5.74) is 1.58. The van der Waals surface area contributed by atoms with Gasteiger partial charge in [-0.1, -0.05) is 19.3 Å². The molecule has 25 heavy (non-hydrogen) atoms. The van der Waals surface area contributed by atoms with Crippen molar-refractivity contribution in [1.82, 2.24) is 20.2 Å². The molecule has 3 rings (SSSR count). The summed E-state index contributed by atoms with van der Waals surface area (Å²) in [5, 5.41) is 2.75. The second-order valence-corrected chi connectivity index (χ2v) is 7.30. The van der Waals surface area contributed by atoms with Gasteiger partial charge < -0.3 is 10.2 Å². The van der Waals surface area contributed by atoms with Crippen LogP contribution in [0, 0.1) is 5.92 Å². The molecule has 1 aromatic rings. The fourth-order valence-corrected chi connectivity index (χ4v) is 4.01. The first-order chi connectivity index (χ1) is 12.1. The van der Waals surface area contributed by atoms with Crippen LogP contribution in [0.5, 0.6) is 0 Å². The predicted molar refractivity (Wildman–Crippen MR) is 94.4 cm³/mol. The summed E-state index contributed by atoms with van der Waals surface area (Å²) >= 11 is 0. The maximum atomic E-state index is 12.8. The zero-order chi connectivity index (χ0) is 17.6. The molecule has 1 atom stereocenters. The van der Waals surface area contributed by atoms with Crippen molar-refractivity contribution in [3.8, 4) is 0 Å². The first kappa shape index (κ1) is 17.8. The number of carbonyl (C=O) groups is 2. The van der Waals surface area contributed by atoms with E-state index in [4.69, 9.17) is 0 Å². The van der Waals surface area contributed by atoms with Crippen molar-refractivity contribution in [2.75, 3.05) is 6.54 Å². The number of carbonyl (C=O) groups excluding carboxylic acids is 2. The molecule has 1 aliphatic carbocycles. The summed E-state index contributed by atoms with van der Waals surface area (Å²) in [7, 11) is 0. The monoisotopic (exact) mass is 344 g/mol. The quantitative estimate of drug-likeness (QED) is 0.891. The number of rotatable bonds is 5. The Balaban J connectivity index is 1.65. The molecule has 0 bridgehead atoms. The van der Waals surface area contributed by atoms with Crippen LogP contribution < -0.4 is 5.32 Å². The van der Waals surface area contributed by atoms with Gasteiger partial charge in [-0.2, -0.15) is 0 Å². The summed E-state index contributed by atoms with van der Waals surface area (Å²) in [6, 6.07) is 0.0286. The zero-order valence-electron chi connectivity index (χ0n) is 15.0. The third-order valence-electron chi connectivity index (χ3n) is 5.32. The van der Waals surface area contributed by atoms with Crippen molar-refractivity contribution in [2.24, 2.45) is 5.92 Å². The number of nitrogens with zero attached hydrogens (tertiary/aromatic N) is 3. The molecular formula is C19H28N4O2. The van der Waals surface area contributed by atoms with Gasteiger partial charge in [-0.15, -0.1) is 0 Å². The fourth-order valence-electron chi connectivity index (χ4n) is 4.01. The van der Waals surface area contributed by atoms with Gasteiger partial charge in [-0.3, -0.25) is 19.6 Å². The Morgan fingerprint density at radius 2 is 1.96 bits per heavy atom. The van der Waals surface area contributed by atoms with E-state index in [1.165, 1.54) is 39.0 Å². The van der Waals surface area contributed by atoms with E-state index in [0.29, 0.717) is 18.9 Å². The first-order valence-corrected chi connectivity index (χ1v) is 9.48. The van der Waals surface area contributed by atoms with Crippen LogP contribution in [-0.2, 0) is 16.1 Å². The van der Waals surface area contributed by atoms with Crippen LogP contribution in [0.3, 0.4) is 0 Å². The van der Waals surface area contributed by atoms with Gasteiger partial charge in [0.05, 0.1) is 36.4 Å². The van der Waals surface area contributed by atoms with E-state index in [0.717, 1.165) is 30.8 Å². The van der Waals surface area contributed by atoms with Gasteiger partial charge >= 0.3 is 0 Å². The highest BCUT2D eigenvalue weighted by Crippen LogP contribution is 2.33. The molecule has 2 heterocycles. The normalized spacial score (nSPS) is 21.3. The van der Waals surface area contributed by atoms with E-state index in [1.807, 2.05) is 4.90 Å². The molecule has 1 aromatic heterocycles. The van der Waals surface area contributed by atoms with Crippen molar-refractivity contribution < 1.29 is 9.59 Å². The standard InChI is InChI=1S/C19H28N4O2/c1-14(24)21-12-16-11-20-13-17(22-16)18-8-5-9-23(18)19(25)10-15-6-3-2-4-7-15/h11,13,15,18H,2-10,12H2,1H3,(H,21,24). The second kappa shape index (κ2) is 8.41. The molecule has 0 aromatic carbocycles. The number of aromatic nitrogens is 2. The van der Waals surface area contributed by atoms with Gasteiger partial charge in [-0.05, 0) is 31.6 Å². The lowest BCUT2D eigenvalue weighted by atomic mass is 9.86. The molecule has 1 N–H and O–H groups in total. The summed E-state index contributed by atoms with van der Waals surface area (Å²) in [4.78, 5) is 34.8. The molecule has 6 heteroatoms. The van der Waals surface area contributed by atoms with E-state index in [-0.39, 0.29) is 17.9 Å². The van der Waals surface area contributed by atoms with Crippen molar-refractivity contribution in [3.63, 3.8) is 0 Å². The van der Waals surface area contributed by atoms with Gasteiger partial charge in [0.25, 0.3) is 0 Å². The molecule has 2 fully saturated rings. The number of hydrogen-bond donors (Lipinski definition) is 1. The predicted octanol–water partition coefficient (Wildman–Crippen LogP) is 2.75.